The summed E-state index contributed by atoms with van der Waals surface area (Å²) in [4.78, 5) is 22.1. The minimum atomic E-state index is -3.48. The molecule has 3 heterocycles. The second-order valence-corrected chi connectivity index (χ2v) is 11.2. The number of halogens is 1. The molecule has 0 unspecified atom stereocenters. The summed E-state index contributed by atoms with van der Waals surface area (Å²) in [6.07, 6.45) is 1.16. The van der Waals surface area contributed by atoms with Crippen molar-refractivity contribution in [2.75, 3.05) is 50.5 Å². The van der Waals surface area contributed by atoms with E-state index < -0.39 is 9.84 Å². The van der Waals surface area contributed by atoms with E-state index >= 15 is 0 Å². The van der Waals surface area contributed by atoms with Crippen LogP contribution < -0.4 is 4.90 Å². The molecule has 2 aromatic carbocycles. The average Bonchev–Trinajstić information content (AvgIpc) is 3.52. The summed E-state index contributed by atoms with van der Waals surface area (Å²) in [7, 11) is -3.48. The molecular formula is C24H25ClN4O5S2. The van der Waals surface area contributed by atoms with Crippen LogP contribution >= 0.6 is 23.7 Å². The van der Waals surface area contributed by atoms with Crippen LogP contribution in [0.15, 0.2) is 64.0 Å². The number of nitrogens with zero attached hydrogens (tertiary/aromatic N) is 4. The third kappa shape index (κ3) is 5.60. The second kappa shape index (κ2) is 11.1. The second-order valence-electron chi connectivity index (χ2n) is 8.22. The molecule has 0 N–H and O–H groups in total. The van der Waals surface area contributed by atoms with Crippen LogP contribution in [0.2, 0.25) is 0 Å². The van der Waals surface area contributed by atoms with Gasteiger partial charge in [0.1, 0.15) is 5.52 Å². The first kappa shape index (κ1) is 26.2. The van der Waals surface area contributed by atoms with Gasteiger partial charge >= 0.3 is 0 Å². The molecule has 4 aromatic rings. The number of ether oxygens (including phenoxy) is 1. The first-order valence-electron chi connectivity index (χ1n) is 11.1. The minimum absolute atomic E-state index is 0. The van der Waals surface area contributed by atoms with Gasteiger partial charge in [0.25, 0.3) is 5.91 Å². The van der Waals surface area contributed by atoms with E-state index in [0.717, 1.165) is 24.9 Å². The maximum Gasteiger partial charge on any atom is 0.282 e. The molecule has 190 valence electrons. The van der Waals surface area contributed by atoms with E-state index in [0.29, 0.717) is 47.4 Å². The summed E-state index contributed by atoms with van der Waals surface area (Å²) in [5, 5.41) is 4.44. The Bertz CT molecular complexity index is 1450. The van der Waals surface area contributed by atoms with E-state index in [-0.39, 0.29) is 28.9 Å². The Hall–Kier alpha value is -2.83. The molecule has 12 heteroatoms. The van der Waals surface area contributed by atoms with E-state index in [9.17, 15) is 13.2 Å². The Morgan fingerprint density at radius 3 is 2.58 bits per heavy atom. The Morgan fingerprint density at radius 2 is 1.86 bits per heavy atom. The standard InChI is InChI=1S/C24H24N4O5S2.ClH/c1-35(30,31)21-9-5-8-20-22(21)25-24(34-20)28(11-10-27-12-14-32-15-13-27)23(29)18-16-19(33-26-18)17-6-3-2-4-7-17;/h2-9,16H,10-15H2,1H3;1H. The largest absolute Gasteiger partial charge is 0.379 e. The van der Waals surface area contributed by atoms with Gasteiger partial charge < -0.3 is 9.26 Å². The van der Waals surface area contributed by atoms with Gasteiger partial charge in [-0.05, 0) is 12.1 Å². The van der Waals surface area contributed by atoms with Crippen molar-refractivity contribution in [3.63, 3.8) is 0 Å². The molecule has 0 spiro atoms. The number of hydrogen-bond acceptors (Lipinski definition) is 9. The van der Waals surface area contributed by atoms with Crippen LogP contribution in [0.1, 0.15) is 10.5 Å². The molecule has 9 nitrogen and oxygen atoms in total. The number of para-hydroxylation sites is 1. The molecule has 1 amide bonds. The summed E-state index contributed by atoms with van der Waals surface area (Å²) in [5.74, 6) is 0.134. The highest BCUT2D eigenvalue weighted by Crippen LogP contribution is 2.33. The SMILES string of the molecule is CS(=O)(=O)c1cccc2sc(N(CCN3CCOCC3)C(=O)c3cc(-c4ccccc4)on3)nc12.Cl. The maximum atomic E-state index is 13.6. The summed E-state index contributed by atoms with van der Waals surface area (Å²) in [5.41, 5.74) is 1.34. The summed E-state index contributed by atoms with van der Waals surface area (Å²) >= 11 is 1.28. The fourth-order valence-electron chi connectivity index (χ4n) is 3.93. The van der Waals surface area contributed by atoms with E-state index in [4.69, 9.17) is 9.26 Å². The number of hydrogen-bond donors (Lipinski definition) is 0. The number of carbonyl (C=O) groups is 1. The number of morpholine rings is 1. The predicted octanol–water partition coefficient (Wildman–Crippen LogP) is 3.76. The molecule has 5 rings (SSSR count). The number of thiazole rings is 1. The van der Waals surface area contributed by atoms with Gasteiger partial charge in [0.2, 0.25) is 0 Å². The van der Waals surface area contributed by atoms with Crippen LogP contribution in [0, 0.1) is 0 Å². The van der Waals surface area contributed by atoms with Crippen LogP contribution in [0.4, 0.5) is 5.13 Å². The highest BCUT2D eigenvalue weighted by Gasteiger charge is 2.27. The van der Waals surface area contributed by atoms with Crippen LogP contribution in [0.3, 0.4) is 0 Å². The van der Waals surface area contributed by atoms with Crippen molar-refractivity contribution in [3.05, 3.63) is 60.3 Å². The number of sulfone groups is 1. The normalized spacial score (nSPS) is 14.5. The van der Waals surface area contributed by atoms with Crippen LogP contribution in [-0.4, -0.2) is 75.0 Å². The molecule has 1 saturated heterocycles. The van der Waals surface area contributed by atoms with Gasteiger partial charge in [-0.25, -0.2) is 13.4 Å². The van der Waals surface area contributed by atoms with Crippen LogP contribution in [0.5, 0.6) is 0 Å². The van der Waals surface area contributed by atoms with Crippen molar-refractivity contribution in [3.8, 4) is 11.3 Å². The number of rotatable bonds is 7. The smallest absolute Gasteiger partial charge is 0.282 e. The zero-order valence-corrected chi connectivity index (χ0v) is 21.9. The Kier molecular flexibility index (Phi) is 8.06. The lowest BCUT2D eigenvalue weighted by molar-refractivity contribution is 0.0391. The summed E-state index contributed by atoms with van der Waals surface area (Å²) in [6, 6.07) is 16.1. The van der Waals surface area contributed by atoms with Gasteiger partial charge in [-0.1, -0.05) is 52.9 Å². The molecule has 2 aromatic heterocycles. The molecular weight excluding hydrogens is 524 g/mol. The first-order valence-corrected chi connectivity index (χ1v) is 13.8. The van der Waals surface area contributed by atoms with Crippen molar-refractivity contribution in [2.24, 2.45) is 0 Å². The molecule has 0 bridgehead atoms. The van der Waals surface area contributed by atoms with Gasteiger partial charge in [-0.2, -0.15) is 0 Å². The van der Waals surface area contributed by atoms with Gasteiger partial charge in [0, 0.05) is 44.1 Å². The third-order valence-corrected chi connectivity index (χ3v) is 7.95. The zero-order valence-electron chi connectivity index (χ0n) is 19.5. The third-order valence-electron chi connectivity index (χ3n) is 5.78. The summed E-state index contributed by atoms with van der Waals surface area (Å²) < 4.78 is 36.2. The Balaban J connectivity index is 0.00000304. The molecule has 0 aliphatic carbocycles. The fraction of sp³-hybridized carbons (Fsp3) is 0.292. The molecule has 1 fully saturated rings. The molecule has 0 radical (unpaired) electrons. The topological polar surface area (TPSA) is 106 Å². The van der Waals surface area contributed by atoms with Crippen LogP contribution in [-0.2, 0) is 14.6 Å². The van der Waals surface area contributed by atoms with E-state index in [1.165, 1.54) is 17.4 Å². The lowest BCUT2D eigenvalue weighted by Gasteiger charge is -2.28. The molecule has 1 aliphatic heterocycles. The van der Waals surface area contributed by atoms with Gasteiger partial charge in [0.05, 0.1) is 22.8 Å². The number of amides is 1. The van der Waals surface area contributed by atoms with Gasteiger partial charge in [-0.3, -0.25) is 14.6 Å². The van der Waals surface area contributed by atoms with Gasteiger partial charge in [0.15, 0.2) is 26.4 Å². The number of carbonyl (C=O) groups excluding carboxylic acids is 1. The van der Waals surface area contributed by atoms with Gasteiger partial charge in [-0.15, -0.1) is 12.4 Å². The maximum absolute atomic E-state index is 13.6. The highest BCUT2D eigenvalue weighted by atomic mass is 35.5. The predicted molar refractivity (Wildman–Crippen MR) is 141 cm³/mol. The van der Waals surface area contributed by atoms with E-state index in [2.05, 4.69) is 15.0 Å². The van der Waals surface area contributed by atoms with E-state index in [1.54, 1.807) is 23.1 Å². The number of aromatic nitrogens is 2. The fourth-order valence-corrected chi connectivity index (χ4v) is 5.84. The number of anilines is 1. The van der Waals surface area contributed by atoms with Crippen molar-refractivity contribution < 1.29 is 22.5 Å². The van der Waals surface area contributed by atoms with Crippen molar-refractivity contribution in [1.82, 2.24) is 15.0 Å². The Labute approximate surface area is 219 Å². The molecule has 0 atom stereocenters. The quantitative estimate of drug-likeness (QED) is 0.344. The monoisotopic (exact) mass is 548 g/mol. The van der Waals surface area contributed by atoms with Crippen molar-refractivity contribution >= 4 is 54.8 Å². The summed E-state index contributed by atoms with van der Waals surface area (Å²) in [6.45, 7) is 3.84. The Morgan fingerprint density at radius 1 is 1.11 bits per heavy atom. The molecule has 0 saturated carbocycles. The molecule has 36 heavy (non-hydrogen) atoms. The zero-order chi connectivity index (χ0) is 24.4. The first-order chi connectivity index (χ1) is 16.9. The molecule has 1 aliphatic rings. The average molecular weight is 549 g/mol. The van der Waals surface area contributed by atoms with Crippen molar-refractivity contribution in [1.29, 1.82) is 0 Å². The minimum Gasteiger partial charge on any atom is -0.379 e. The van der Waals surface area contributed by atoms with Crippen molar-refractivity contribution in [2.45, 2.75) is 4.90 Å². The lowest BCUT2D eigenvalue weighted by Crippen LogP contribution is -2.43. The number of benzene rings is 2. The van der Waals surface area contributed by atoms with Crippen LogP contribution in [0.25, 0.3) is 21.5 Å². The highest BCUT2D eigenvalue weighted by molar-refractivity contribution is 7.91. The lowest BCUT2D eigenvalue weighted by atomic mass is 10.1. The number of fused-ring (bicyclic) bond motifs is 1. The van der Waals surface area contributed by atoms with E-state index in [1.807, 2.05) is 30.3 Å².